The topological polar surface area (TPSA) is 42.0 Å². The van der Waals surface area contributed by atoms with Crippen LogP contribution in [0.15, 0.2) is 58.3 Å². The molecule has 0 aliphatic heterocycles. The summed E-state index contributed by atoms with van der Waals surface area (Å²) in [7, 11) is 0. The molecule has 0 saturated carbocycles. The zero-order chi connectivity index (χ0) is 16.9. The number of aromatic nitrogens is 1. The molecule has 0 atom stereocenters. The Balaban J connectivity index is 1.75. The van der Waals surface area contributed by atoms with Gasteiger partial charge in [-0.25, -0.2) is 4.98 Å². The van der Waals surface area contributed by atoms with Crippen molar-refractivity contribution in [3.8, 4) is 0 Å². The van der Waals surface area contributed by atoms with Crippen LogP contribution in [0, 0.1) is 13.8 Å². The second-order valence-electron chi connectivity index (χ2n) is 5.52. The quantitative estimate of drug-likeness (QED) is 0.632. The molecular weight excluding hydrogens is 336 g/mol. The fraction of sp³-hybridized carbons (Fsp3) is 0.158. The number of anilines is 1. The third-order valence-electron chi connectivity index (χ3n) is 3.76. The average molecular weight is 355 g/mol. The fourth-order valence-corrected chi connectivity index (χ4v) is 3.87. The number of thioether (sulfide) groups is 1. The molecule has 1 heterocycles. The highest BCUT2D eigenvalue weighted by Crippen LogP contribution is 2.27. The zero-order valence-corrected chi connectivity index (χ0v) is 15.2. The predicted octanol–water partition coefficient (Wildman–Crippen LogP) is 5.30. The van der Waals surface area contributed by atoms with Crippen LogP contribution in [-0.4, -0.2) is 10.9 Å². The van der Waals surface area contributed by atoms with Crippen LogP contribution in [0.3, 0.4) is 0 Å². The Hall–Kier alpha value is -2.11. The summed E-state index contributed by atoms with van der Waals surface area (Å²) in [6.45, 7) is 4.11. The number of hydrogen-bond donors (Lipinski definition) is 1. The summed E-state index contributed by atoms with van der Waals surface area (Å²) in [6.07, 6.45) is 0. The molecule has 3 rings (SSSR count). The second-order valence-corrected chi connectivity index (χ2v) is 7.25. The van der Waals surface area contributed by atoms with Crippen LogP contribution < -0.4 is 5.32 Å². The van der Waals surface area contributed by atoms with Crippen LogP contribution in [-0.2, 0) is 5.75 Å². The van der Waals surface area contributed by atoms with Crippen molar-refractivity contribution in [2.75, 3.05) is 5.32 Å². The van der Waals surface area contributed by atoms with Crippen LogP contribution in [0.5, 0.6) is 0 Å². The van der Waals surface area contributed by atoms with Gasteiger partial charge in [0.1, 0.15) is 0 Å². The van der Waals surface area contributed by atoms with E-state index in [0.29, 0.717) is 5.56 Å². The van der Waals surface area contributed by atoms with E-state index in [1.165, 1.54) is 11.1 Å². The number of carbonyl (C=O) groups excluding carboxylic acids is 1. The molecule has 3 nitrogen and oxygen atoms in total. The van der Waals surface area contributed by atoms with Crippen molar-refractivity contribution >= 4 is 34.7 Å². The number of benzene rings is 2. The van der Waals surface area contributed by atoms with Crippen LogP contribution in [0.1, 0.15) is 27.2 Å². The van der Waals surface area contributed by atoms with E-state index in [9.17, 15) is 4.79 Å². The first kappa shape index (κ1) is 16.7. The summed E-state index contributed by atoms with van der Waals surface area (Å²) < 4.78 is 0. The molecule has 24 heavy (non-hydrogen) atoms. The number of carbonyl (C=O) groups is 1. The maximum atomic E-state index is 12.7. The monoisotopic (exact) mass is 354 g/mol. The Bertz CT molecular complexity index is 844. The number of aryl methyl sites for hydroxylation is 2. The van der Waals surface area contributed by atoms with E-state index < -0.39 is 0 Å². The number of hydrogen-bond acceptors (Lipinski definition) is 4. The number of nitrogens with zero attached hydrogens (tertiary/aromatic N) is 1. The molecule has 0 bridgehead atoms. The molecule has 1 N–H and O–H groups in total. The molecule has 1 aromatic heterocycles. The summed E-state index contributed by atoms with van der Waals surface area (Å²) in [5.74, 6) is 0.678. The van der Waals surface area contributed by atoms with Gasteiger partial charge in [0.2, 0.25) is 0 Å². The van der Waals surface area contributed by atoms with Crippen molar-refractivity contribution in [3.63, 3.8) is 0 Å². The van der Waals surface area contributed by atoms with Crippen LogP contribution in [0.25, 0.3) is 0 Å². The van der Waals surface area contributed by atoms with Crippen molar-refractivity contribution in [1.82, 2.24) is 4.98 Å². The fourth-order valence-electron chi connectivity index (χ4n) is 2.26. The van der Waals surface area contributed by atoms with E-state index in [-0.39, 0.29) is 5.91 Å². The van der Waals surface area contributed by atoms with E-state index in [1.54, 1.807) is 23.1 Å². The summed E-state index contributed by atoms with van der Waals surface area (Å²) in [6, 6.07) is 13.6. The standard InChI is InChI=1S/C19H18N2OS2/c1-13-7-8-15(9-14(13)2)21-19(22)17-5-3-4-6-18(17)24-11-16-10-23-12-20-16/h3-10,12H,11H2,1-2H3,(H,21,22). The Labute approximate surface area is 150 Å². The Morgan fingerprint density at radius 2 is 2.00 bits per heavy atom. The van der Waals surface area contributed by atoms with Crippen molar-refractivity contribution < 1.29 is 4.79 Å². The van der Waals surface area contributed by atoms with Gasteiger partial charge in [0.15, 0.2) is 0 Å². The van der Waals surface area contributed by atoms with Gasteiger partial charge in [0, 0.05) is 21.7 Å². The van der Waals surface area contributed by atoms with Gasteiger partial charge in [-0.2, -0.15) is 0 Å². The molecule has 0 spiro atoms. The SMILES string of the molecule is Cc1ccc(NC(=O)c2ccccc2SCc2cscn2)cc1C. The first-order chi connectivity index (χ1) is 11.6. The van der Waals surface area contributed by atoms with Crippen molar-refractivity contribution in [2.24, 2.45) is 0 Å². The predicted molar refractivity (Wildman–Crippen MR) is 102 cm³/mol. The van der Waals surface area contributed by atoms with Crippen LogP contribution in [0.4, 0.5) is 5.69 Å². The normalized spacial score (nSPS) is 10.6. The molecule has 3 aromatic rings. The molecule has 5 heteroatoms. The molecule has 0 saturated heterocycles. The van der Waals surface area contributed by atoms with Crippen molar-refractivity contribution in [2.45, 2.75) is 24.5 Å². The summed E-state index contributed by atoms with van der Waals surface area (Å²) in [5.41, 5.74) is 6.76. The minimum Gasteiger partial charge on any atom is -0.322 e. The van der Waals surface area contributed by atoms with Gasteiger partial charge in [-0.1, -0.05) is 18.2 Å². The first-order valence-corrected chi connectivity index (χ1v) is 9.54. The van der Waals surface area contributed by atoms with Gasteiger partial charge in [-0.3, -0.25) is 4.79 Å². The van der Waals surface area contributed by atoms with Gasteiger partial charge in [0.25, 0.3) is 5.91 Å². The highest BCUT2D eigenvalue weighted by Gasteiger charge is 2.12. The lowest BCUT2D eigenvalue weighted by atomic mass is 10.1. The van der Waals surface area contributed by atoms with E-state index in [4.69, 9.17) is 0 Å². The molecule has 0 unspecified atom stereocenters. The average Bonchev–Trinajstić information content (AvgIpc) is 3.10. The zero-order valence-electron chi connectivity index (χ0n) is 13.6. The Morgan fingerprint density at radius 1 is 1.17 bits per heavy atom. The van der Waals surface area contributed by atoms with Gasteiger partial charge in [-0.05, 0) is 49.2 Å². The van der Waals surface area contributed by atoms with Crippen LogP contribution >= 0.6 is 23.1 Å². The van der Waals surface area contributed by atoms with Crippen LogP contribution in [0.2, 0.25) is 0 Å². The van der Waals surface area contributed by atoms with Gasteiger partial charge in [0.05, 0.1) is 16.8 Å². The third-order valence-corrected chi connectivity index (χ3v) is 5.50. The maximum absolute atomic E-state index is 12.7. The lowest BCUT2D eigenvalue weighted by Crippen LogP contribution is -2.13. The molecule has 0 fully saturated rings. The number of amides is 1. The van der Waals surface area contributed by atoms with E-state index in [2.05, 4.69) is 17.2 Å². The lowest BCUT2D eigenvalue weighted by Gasteiger charge is -2.11. The number of nitrogens with one attached hydrogen (secondary N) is 1. The molecular formula is C19H18N2OS2. The smallest absolute Gasteiger partial charge is 0.256 e. The number of thiazole rings is 1. The molecule has 1 amide bonds. The molecule has 2 aromatic carbocycles. The Kier molecular flexibility index (Phi) is 5.33. The minimum absolute atomic E-state index is 0.0837. The van der Waals surface area contributed by atoms with Crippen molar-refractivity contribution in [3.05, 3.63) is 75.7 Å². The van der Waals surface area contributed by atoms with E-state index >= 15 is 0 Å². The highest BCUT2D eigenvalue weighted by molar-refractivity contribution is 7.98. The molecule has 0 aliphatic carbocycles. The molecule has 0 aliphatic rings. The van der Waals surface area contributed by atoms with E-state index in [1.807, 2.05) is 60.3 Å². The van der Waals surface area contributed by atoms with Gasteiger partial charge in [-0.15, -0.1) is 23.1 Å². The molecule has 122 valence electrons. The molecule has 0 radical (unpaired) electrons. The summed E-state index contributed by atoms with van der Waals surface area (Å²) >= 11 is 3.22. The lowest BCUT2D eigenvalue weighted by molar-refractivity contribution is 0.102. The minimum atomic E-state index is -0.0837. The summed E-state index contributed by atoms with van der Waals surface area (Å²) in [5, 5.41) is 5.03. The van der Waals surface area contributed by atoms with E-state index in [0.717, 1.165) is 22.0 Å². The second kappa shape index (κ2) is 7.64. The van der Waals surface area contributed by atoms with Gasteiger partial charge >= 0.3 is 0 Å². The highest BCUT2D eigenvalue weighted by atomic mass is 32.2. The Morgan fingerprint density at radius 3 is 2.75 bits per heavy atom. The number of rotatable bonds is 5. The van der Waals surface area contributed by atoms with Crippen molar-refractivity contribution in [1.29, 1.82) is 0 Å². The third kappa shape index (κ3) is 4.04. The van der Waals surface area contributed by atoms with Gasteiger partial charge < -0.3 is 5.32 Å². The largest absolute Gasteiger partial charge is 0.322 e. The summed E-state index contributed by atoms with van der Waals surface area (Å²) in [4.78, 5) is 17.9. The first-order valence-electron chi connectivity index (χ1n) is 7.61. The maximum Gasteiger partial charge on any atom is 0.256 e.